The van der Waals surface area contributed by atoms with Crippen molar-refractivity contribution in [2.45, 2.75) is 13.1 Å². The number of amides is 1. The van der Waals surface area contributed by atoms with Crippen LogP contribution in [0.2, 0.25) is 0 Å². The Morgan fingerprint density at radius 3 is 2.51 bits per heavy atom. The Morgan fingerprint density at radius 1 is 1.05 bits per heavy atom. The second kappa shape index (κ2) is 10.0. The van der Waals surface area contributed by atoms with Gasteiger partial charge in [-0.25, -0.2) is 9.97 Å². The lowest BCUT2D eigenvalue weighted by molar-refractivity contribution is -0.137. The minimum Gasteiger partial charge on any atom is -0.368 e. The fraction of sp³-hybridized carbons (Fsp3) is 0.222. The predicted octanol–water partition coefficient (Wildman–Crippen LogP) is 6.03. The number of nitrogens with one attached hydrogen (secondary N) is 1. The van der Waals surface area contributed by atoms with Crippen LogP contribution in [-0.4, -0.2) is 49.6 Å². The summed E-state index contributed by atoms with van der Waals surface area (Å²) in [5, 5.41) is 3.43. The Bertz CT molecular complexity index is 1570. The van der Waals surface area contributed by atoms with E-state index in [1.807, 2.05) is 19.1 Å². The van der Waals surface area contributed by atoms with Gasteiger partial charge in [-0.2, -0.15) is 23.8 Å². The van der Waals surface area contributed by atoms with E-state index in [9.17, 15) is 27.1 Å². The van der Waals surface area contributed by atoms with Crippen molar-refractivity contribution in [2.75, 3.05) is 40.5 Å². The van der Waals surface area contributed by atoms with Crippen molar-refractivity contribution in [1.82, 2.24) is 9.97 Å². The molecule has 4 aromatic rings. The van der Waals surface area contributed by atoms with Gasteiger partial charge in [0.25, 0.3) is 5.91 Å². The van der Waals surface area contributed by atoms with Crippen LogP contribution < -0.4 is 16.0 Å². The first kappa shape index (κ1) is 26.7. The average Bonchev–Trinajstić information content (AvgIpc) is 2.88. The first-order chi connectivity index (χ1) is 18.4. The van der Waals surface area contributed by atoms with Crippen LogP contribution in [0.5, 0.6) is 0 Å². The first-order valence-electron chi connectivity index (χ1n) is 12.0. The number of aromatic nitrogens is 2. The van der Waals surface area contributed by atoms with E-state index in [4.69, 9.17) is 5.73 Å². The highest BCUT2D eigenvalue weighted by Gasteiger charge is 2.32. The van der Waals surface area contributed by atoms with Crippen LogP contribution in [0.15, 0.2) is 60.8 Å². The van der Waals surface area contributed by atoms with Crippen LogP contribution >= 0.6 is 10.6 Å². The maximum Gasteiger partial charge on any atom is 0.416 e. The van der Waals surface area contributed by atoms with Crippen LogP contribution in [0.4, 0.5) is 30.5 Å². The van der Waals surface area contributed by atoms with Crippen molar-refractivity contribution >= 4 is 44.7 Å². The summed E-state index contributed by atoms with van der Waals surface area (Å²) in [5.74, 6) is -0.204. The number of benzene rings is 3. The zero-order valence-electron chi connectivity index (χ0n) is 20.9. The summed E-state index contributed by atoms with van der Waals surface area (Å²) in [4.78, 5) is 23.3. The molecule has 0 aliphatic carbocycles. The lowest BCUT2D eigenvalue weighted by atomic mass is 9.97. The molecule has 2 heterocycles. The first-order valence-corrected chi connectivity index (χ1v) is 13.9. The zero-order valence-corrected chi connectivity index (χ0v) is 21.7. The summed E-state index contributed by atoms with van der Waals surface area (Å²) < 4.78 is 60.4. The van der Waals surface area contributed by atoms with Gasteiger partial charge < -0.3 is 16.0 Å². The van der Waals surface area contributed by atoms with Gasteiger partial charge in [0, 0.05) is 30.2 Å². The number of hydrogen-bond donors (Lipinski definition) is 4. The second-order valence-electron chi connectivity index (χ2n) is 9.41. The molecule has 1 fully saturated rings. The van der Waals surface area contributed by atoms with Crippen molar-refractivity contribution in [3.8, 4) is 11.1 Å². The van der Waals surface area contributed by atoms with Crippen molar-refractivity contribution in [1.29, 1.82) is 0 Å². The lowest BCUT2D eigenvalue weighted by Crippen LogP contribution is -2.38. The third kappa shape index (κ3) is 5.77. The van der Waals surface area contributed by atoms with E-state index in [0.717, 1.165) is 34.2 Å². The third-order valence-corrected chi connectivity index (χ3v) is 8.37. The van der Waals surface area contributed by atoms with E-state index in [2.05, 4.69) is 15.3 Å². The summed E-state index contributed by atoms with van der Waals surface area (Å²) >= 11 is 0. The van der Waals surface area contributed by atoms with E-state index >= 15 is 0 Å². The van der Waals surface area contributed by atoms with E-state index in [1.165, 1.54) is 6.07 Å². The molecule has 39 heavy (non-hydrogen) atoms. The van der Waals surface area contributed by atoms with Gasteiger partial charge in [0.05, 0.1) is 34.0 Å². The SMILES string of the molecule is Cc1ccc(C(=O)Nc2cc(C(F)(F)F)ccc2N2CCS(O)(O)CC2)cc1-c1ccc2nc(N)ncc2c1. The fourth-order valence-corrected chi connectivity index (χ4v) is 5.77. The molecule has 0 saturated carbocycles. The minimum absolute atomic E-state index is 0.00391. The topological polar surface area (TPSA) is 125 Å². The molecule has 1 aromatic heterocycles. The number of halogens is 3. The number of alkyl halides is 3. The highest BCUT2D eigenvalue weighted by Crippen LogP contribution is 2.43. The molecule has 5 rings (SSSR count). The van der Waals surface area contributed by atoms with Gasteiger partial charge in [-0.1, -0.05) is 12.1 Å². The number of carbonyl (C=O) groups excluding carboxylic acids is 1. The van der Waals surface area contributed by atoms with Gasteiger partial charge in [-0.15, -0.1) is 0 Å². The quantitative estimate of drug-likeness (QED) is 0.242. The maximum absolute atomic E-state index is 13.5. The Labute approximate surface area is 224 Å². The number of nitrogens with zero attached hydrogens (tertiary/aromatic N) is 3. The highest BCUT2D eigenvalue weighted by atomic mass is 32.3. The van der Waals surface area contributed by atoms with Crippen molar-refractivity contribution in [3.63, 3.8) is 0 Å². The molecule has 1 saturated heterocycles. The molecule has 1 aliphatic rings. The van der Waals surface area contributed by atoms with Gasteiger partial charge >= 0.3 is 6.18 Å². The average molecular weight is 558 g/mol. The molecule has 3 aromatic carbocycles. The number of rotatable bonds is 4. The Hall–Kier alpha value is -3.87. The number of carbonyl (C=O) groups is 1. The third-order valence-electron chi connectivity index (χ3n) is 6.70. The smallest absolute Gasteiger partial charge is 0.368 e. The highest BCUT2D eigenvalue weighted by molar-refractivity contribution is 8.24. The summed E-state index contributed by atoms with van der Waals surface area (Å²) in [6.07, 6.45) is -2.99. The number of nitrogens with two attached hydrogens (primary N) is 1. The normalized spacial score (nSPS) is 16.2. The molecule has 204 valence electrons. The number of aryl methyl sites for hydroxylation is 1. The molecule has 0 bridgehead atoms. The van der Waals surface area contributed by atoms with Gasteiger partial charge in [0.15, 0.2) is 0 Å². The van der Waals surface area contributed by atoms with Crippen LogP contribution in [0.1, 0.15) is 21.5 Å². The summed E-state index contributed by atoms with van der Waals surface area (Å²) in [5.41, 5.74) is 8.57. The second-order valence-corrected chi connectivity index (χ2v) is 11.8. The van der Waals surface area contributed by atoms with Gasteiger partial charge in [0.1, 0.15) is 0 Å². The van der Waals surface area contributed by atoms with Crippen molar-refractivity contribution in [2.24, 2.45) is 0 Å². The Balaban J connectivity index is 1.47. The maximum atomic E-state index is 13.5. The van der Waals surface area contributed by atoms with Crippen LogP contribution in [0, 0.1) is 6.92 Å². The molecule has 0 radical (unpaired) electrons. The number of fused-ring (bicyclic) bond motifs is 1. The summed E-state index contributed by atoms with van der Waals surface area (Å²) in [7, 11) is -2.71. The van der Waals surface area contributed by atoms with E-state index in [-0.39, 0.29) is 41.8 Å². The molecule has 5 N–H and O–H groups in total. The molecule has 12 heteroatoms. The monoisotopic (exact) mass is 557 g/mol. The van der Waals surface area contributed by atoms with Crippen molar-refractivity contribution in [3.05, 3.63) is 77.5 Å². The van der Waals surface area contributed by atoms with Crippen LogP contribution in [0.25, 0.3) is 22.0 Å². The number of nitrogen functional groups attached to an aromatic ring is 1. The molecular formula is C27H26F3N5O3S. The molecule has 0 spiro atoms. The molecule has 0 atom stereocenters. The van der Waals surface area contributed by atoms with Crippen LogP contribution in [0.3, 0.4) is 0 Å². The molecule has 8 nitrogen and oxygen atoms in total. The van der Waals surface area contributed by atoms with E-state index in [1.54, 1.807) is 35.4 Å². The fourth-order valence-electron chi connectivity index (χ4n) is 4.54. The van der Waals surface area contributed by atoms with Crippen LogP contribution in [-0.2, 0) is 6.18 Å². The lowest BCUT2D eigenvalue weighted by Gasteiger charge is -2.42. The molecule has 1 amide bonds. The van der Waals surface area contributed by atoms with Gasteiger partial charge in [0.2, 0.25) is 5.95 Å². The standard InChI is InChI=1S/C27H26F3N5O3S/c1-16-2-3-18(13-21(16)17-4-6-22-19(12-17)15-32-26(31)34-22)25(36)33-23-14-20(27(28,29)30)5-7-24(23)35-8-10-39(37,38)11-9-35/h2-7,12-15,37-38H,8-11H2,1H3,(H,33,36)(H2,31,32,34). The number of hydrogen-bond acceptors (Lipinski definition) is 7. The van der Waals surface area contributed by atoms with Gasteiger partial charge in [-0.05, 0) is 66.1 Å². The Kier molecular flexibility index (Phi) is 6.87. The predicted molar refractivity (Wildman–Crippen MR) is 148 cm³/mol. The molecule has 1 aliphatic heterocycles. The van der Waals surface area contributed by atoms with Crippen molar-refractivity contribution < 1.29 is 27.1 Å². The Morgan fingerprint density at radius 2 is 1.79 bits per heavy atom. The number of anilines is 3. The van der Waals surface area contributed by atoms with Gasteiger partial charge in [-0.3, -0.25) is 13.9 Å². The van der Waals surface area contributed by atoms with E-state index < -0.39 is 28.2 Å². The molecular weight excluding hydrogens is 531 g/mol. The zero-order chi connectivity index (χ0) is 27.9. The minimum atomic E-state index is -4.60. The summed E-state index contributed by atoms with van der Waals surface area (Å²) in [6.45, 7) is 2.37. The summed E-state index contributed by atoms with van der Waals surface area (Å²) in [6, 6.07) is 13.8. The largest absolute Gasteiger partial charge is 0.416 e. The van der Waals surface area contributed by atoms with E-state index in [0.29, 0.717) is 11.2 Å². The molecule has 0 unspecified atom stereocenters.